The van der Waals surface area contributed by atoms with Crippen molar-refractivity contribution in [2.45, 2.75) is 27.2 Å². The molecule has 0 aromatic rings. The molecule has 4 atom stereocenters. The number of fused-ring (bicyclic) bond motifs is 3. The molecule has 2 nitrogen and oxygen atoms in total. The molecule has 2 saturated carbocycles. The highest BCUT2D eigenvalue weighted by molar-refractivity contribution is 5.90. The number of rotatable bonds is 2. The van der Waals surface area contributed by atoms with Crippen LogP contribution >= 0.6 is 0 Å². The standard InChI is InChI=1S/C13H16O2/c1-11(2)9-4-8(5-14)13(7-15)6-12(13,3)10(9)11/h4-5,7,9-10H,6H2,1-3H3. The molecule has 80 valence electrons. The van der Waals surface area contributed by atoms with Gasteiger partial charge in [-0.05, 0) is 29.1 Å². The van der Waals surface area contributed by atoms with Gasteiger partial charge in [0.1, 0.15) is 12.6 Å². The number of carbonyl (C=O) groups excluding carboxylic acids is 2. The quantitative estimate of drug-likeness (QED) is 0.645. The van der Waals surface area contributed by atoms with E-state index in [1.807, 2.05) is 0 Å². The second-order valence-corrected chi connectivity index (χ2v) is 6.25. The zero-order chi connectivity index (χ0) is 11.1. The van der Waals surface area contributed by atoms with E-state index in [4.69, 9.17) is 0 Å². The first-order chi connectivity index (χ1) is 6.94. The fraction of sp³-hybridized carbons (Fsp3) is 0.692. The SMILES string of the molecule is CC1(C)C2C=C(C=O)C3(C=O)CC3(C)C21. The van der Waals surface area contributed by atoms with E-state index in [1.54, 1.807) is 0 Å². The summed E-state index contributed by atoms with van der Waals surface area (Å²) in [6.45, 7) is 6.65. The predicted molar refractivity (Wildman–Crippen MR) is 56.1 cm³/mol. The Labute approximate surface area is 89.7 Å². The highest BCUT2D eigenvalue weighted by Crippen LogP contribution is 2.84. The first kappa shape index (κ1) is 9.32. The van der Waals surface area contributed by atoms with Gasteiger partial charge in [0.2, 0.25) is 0 Å². The van der Waals surface area contributed by atoms with Gasteiger partial charge in [-0.1, -0.05) is 26.8 Å². The minimum absolute atomic E-state index is 0.0634. The topological polar surface area (TPSA) is 34.1 Å². The van der Waals surface area contributed by atoms with Crippen LogP contribution in [0.5, 0.6) is 0 Å². The monoisotopic (exact) mass is 204 g/mol. The molecule has 0 heterocycles. The largest absolute Gasteiger partial charge is 0.302 e. The summed E-state index contributed by atoms with van der Waals surface area (Å²) in [5.41, 5.74) is 0.661. The third-order valence-corrected chi connectivity index (χ3v) is 5.34. The first-order valence-corrected chi connectivity index (χ1v) is 5.58. The van der Waals surface area contributed by atoms with Crippen molar-refractivity contribution in [2.24, 2.45) is 28.1 Å². The normalized spacial score (nSPS) is 53.4. The van der Waals surface area contributed by atoms with Crippen molar-refractivity contribution < 1.29 is 9.59 Å². The highest BCUT2D eigenvalue weighted by Gasteiger charge is 2.81. The Hall–Kier alpha value is -0.920. The summed E-state index contributed by atoms with van der Waals surface area (Å²) in [6.07, 6.45) is 4.83. The lowest BCUT2D eigenvalue weighted by atomic mass is 9.80. The van der Waals surface area contributed by atoms with Crippen LogP contribution in [0.4, 0.5) is 0 Å². The summed E-state index contributed by atoms with van der Waals surface area (Å²) in [6, 6.07) is 0. The number of hydrogen-bond acceptors (Lipinski definition) is 2. The van der Waals surface area contributed by atoms with E-state index in [1.165, 1.54) is 0 Å². The minimum Gasteiger partial charge on any atom is -0.302 e. The number of carbonyl (C=O) groups is 2. The smallest absolute Gasteiger partial charge is 0.146 e. The first-order valence-electron chi connectivity index (χ1n) is 5.58. The highest BCUT2D eigenvalue weighted by atomic mass is 16.1. The van der Waals surface area contributed by atoms with Crippen LogP contribution in [0.15, 0.2) is 11.6 Å². The van der Waals surface area contributed by atoms with Crippen molar-refractivity contribution in [1.82, 2.24) is 0 Å². The van der Waals surface area contributed by atoms with Crippen molar-refractivity contribution in [3.8, 4) is 0 Å². The summed E-state index contributed by atoms with van der Waals surface area (Å²) in [5.74, 6) is 1.11. The van der Waals surface area contributed by atoms with Gasteiger partial charge in [0.05, 0.1) is 5.41 Å². The molecule has 0 spiro atoms. The van der Waals surface area contributed by atoms with E-state index in [0.717, 1.165) is 24.6 Å². The molecule has 0 saturated heterocycles. The van der Waals surface area contributed by atoms with Crippen molar-refractivity contribution >= 4 is 12.6 Å². The van der Waals surface area contributed by atoms with Crippen LogP contribution in [-0.2, 0) is 9.59 Å². The Morgan fingerprint density at radius 1 is 1.33 bits per heavy atom. The van der Waals surface area contributed by atoms with Gasteiger partial charge in [-0.2, -0.15) is 0 Å². The van der Waals surface area contributed by atoms with Gasteiger partial charge in [0.15, 0.2) is 0 Å². The van der Waals surface area contributed by atoms with Gasteiger partial charge in [-0.15, -0.1) is 0 Å². The molecular weight excluding hydrogens is 188 g/mol. The summed E-state index contributed by atoms with van der Waals surface area (Å²) >= 11 is 0. The Balaban J connectivity index is 2.13. The third kappa shape index (κ3) is 0.724. The maximum Gasteiger partial charge on any atom is 0.146 e. The molecule has 4 unspecified atom stereocenters. The lowest BCUT2D eigenvalue weighted by Crippen LogP contribution is -2.22. The fourth-order valence-corrected chi connectivity index (χ4v) is 4.29. The Bertz CT molecular complexity index is 407. The van der Waals surface area contributed by atoms with Gasteiger partial charge in [-0.3, -0.25) is 4.79 Å². The molecule has 0 bridgehead atoms. The van der Waals surface area contributed by atoms with Crippen LogP contribution < -0.4 is 0 Å². The van der Waals surface area contributed by atoms with Gasteiger partial charge >= 0.3 is 0 Å². The van der Waals surface area contributed by atoms with Crippen molar-refractivity contribution in [2.75, 3.05) is 0 Å². The molecular formula is C13H16O2. The number of allylic oxidation sites excluding steroid dienone is 2. The molecule has 0 radical (unpaired) electrons. The summed E-state index contributed by atoms with van der Waals surface area (Å²) in [5, 5.41) is 0. The van der Waals surface area contributed by atoms with Gasteiger partial charge in [0, 0.05) is 5.57 Å². The van der Waals surface area contributed by atoms with Crippen LogP contribution in [0, 0.1) is 28.1 Å². The molecule has 0 aromatic carbocycles. The van der Waals surface area contributed by atoms with E-state index >= 15 is 0 Å². The van der Waals surface area contributed by atoms with E-state index in [0.29, 0.717) is 11.8 Å². The lowest BCUT2D eigenvalue weighted by Gasteiger charge is -2.21. The maximum absolute atomic E-state index is 11.3. The Morgan fingerprint density at radius 2 is 2.00 bits per heavy atom. The van der Waals surface area contributed by atoms with Crippen molar-refractivity contribution in [3.63, 3.8) is 0 Å². The van der Waals surface area contributed by atoms with Gasteiger partial charge < -0.3 is 4.79 Å². The predicted octanol–water partition coefficient (Wildman–Crippen LogP) is 1.99. The third-order valence-electron chi connectivity index (χ3n) is 5.34. The minimum atomic E-state index is -0.427. The van der Waals surface area contributed by atoms with Gasteiger partial charge in [0.25, 0.3) is 0 Å². The second kappa shape index (κ2) is 2.11. The fourth-order valence-electron chi connectivity index (χ4n) is 4.29. The maximum atomic E-state index is 11.3. The van der Waals surface area contributed by atoms with Crippen LogP contribution in [-0.4, -0.2) is 12.6 Å². The average molecular weight is 204 g/mol. The molecule has 3 aliphatic carbocycles. The number of hydrogen-bond donors (Lipinski definition) is 0. The zero-order valence-electron chi connectivity index (χ0n) is 9.41. The summed E-state index contributed by atoms with van der Waals surface area (Å²) in [4.78, 5) is 22.3. The number of aldehydes is 2. The molecule has 0 aliphatic heterocycles. The molecule has 3 aliphatic rings. The van der Waals surface area contributed by atoms with E-state index < -0.39 is 5.41 Å². The lowest BCUT2D eigenvalue weighted by molar-refractivity contribution is -0.114. The van der Waals surface area contributed by atoms with Crippen molar-refractivity contribution in [1.29, 1.82) is 0 Å². The zero-order valence-corrected chi connectivity index (χ0v) is 9.41. The molecule has 0 N–H and O–H groups in total. The molecule has 2 heteroatoms. The van der Waals surface area contributed by atoms with Crippen LogP contribution in [0.3, 0.4) is 0 Å². The van der Waals surface area contributed by atoms with E-state index in [2.05, 4.69) is 26.8 Å². The summed E-state index contributed by atoms with van der Waals surface area (Å²) in [7, 11) is 0. The molecule has 0 amide bonds. The molecule has 3 rings (SSSR count). The van der Waals surface area contributed by atoms with Crippen LogP contribution in [0.1, 0.15) is 27.2 Å². The van der Waals surface area contributed by atoms with Gasteiger partial charge in [-0.25, -0.2) is 0 Å². The second-order valence-electron chi connectivity index (χ2n) is 6.25. The van der Waals surface area contributed by atoms with Crippen LogP contribution in [0.25, 0.3) is 0 Å². The molecule has 15 heavy (non-hydrogen) atoms. The van der Waals surface area contributed by atoms with Crippen LogP contribution in [0.2, 0.25) is 0 Å². The molecule has 2 fully saturated rings. The van der Waals surface area contributed by atoms with E-state index in [9.17, 15) is 9.59 Å². The van der Waals surface area contributed by atoms with Crippen molar-refractivity contribution in [3.05, 3.63) is 11.6 Å². The molecule has 0 aromatic heterocycles. The Morgan fingerprint density at radius 3 is 2.53 bits per heavy atom. The average Bonchev–Trinajstić information content (AvgIpc) is 2.98. The summed E-state index contributed by atoms with van der Waals surface area (Å²) < 4.78 is 0. The van der Waals surface area contributed by atoms with E-state index in [-0.39, 0.29) is 10.8 Å². The Kier molecular flexibility index (Phi) is 1.31.